The number of carboxylic acids is 1. The van der Waals surface area contributed by atoms with Crippen molar-refractivity contribution in [3.05, 3.63) is 28.6 Å². The van der Waals surface area contributed by atoms with Gasteiger partial charge in [0.05, 0.1) is 11.8 Å². The molecule has 18 heavy (non-hydrogen) atoms. The second-order valence-electron chi connectivity index (χ2n) is 3.89. The number of fused-ring (bicyclic) bond motifs is 1. The van der Waals surface area contributed by atoms with Gasteiger partial charge in [0.25, 0.3) is 5.91 Å². The van der Waals surface area contributed by atoms with Crippen LogP contribution in [-0.2, 0) is 16.6 Å². The standard InChI is InChI=1S/C10H8N4O3S/c1-13-3-5(11-12-13)2-6-8(15)14-7(10(16)17)4-18-9(6)14/h2-4,9H,1H3,(H,16,17)/b6-2-/t9-/m0/s1. The minimum atomic E-state index is -1.09. The molecule has 0 spiro atoms. The molecule has 92 valence electrons. The Morgan fingerprint density at radius 3 is 3.00 bits per heavy atom. The maximum absolute atomic E-state index is 11.9. The van der Waals surface area contributed by atoms with Gasteiger partial charge >= 0.3 is 5.97 Å². The number of rotatable bonds is 2. The van der Waals surface area contributed by atoms with Gasteiger partial charge in [0, 0.05) is 12.5 Å². The molecular weight excluding hydrogens is 256 g/mol. The molecule has 1 saturated heterocycles. The van der Waals surface area contributed by atoms with Crippen molar-refractivity contribution in [1.82, 2.24) is 19.9 Å². The van der Waals surface area contributed by atoms with Crippen molar-refractivity contribution in [2.75, 3.05) is 0 Å². The Kier molecular flexibility index (Phi) is 2.27. The van der Waals surface area contributed by atoms with Crippen molar-refractivity contribution in [3.8, 4) is 0 Å². The summed E-state index contributed by atoms with van der Waals surface area (Å²) in [6, 6.07) is 0. The highest BCUT2D eigenvalue weighted by atomic mass is 32.2. The largest absolute Gasteiger partial charge is 0.477 e. The molecule has 0 bridgehead atoms. The molecule has 0 saturated carbocycles. The van der Waals surface area contributed by atoms with E-state index < -0.39 is 5.97 Å². The lowest BCUT2D eigenvalue weighted by atomic mass is 10.0. The summed E-state index contributed by atoms with van der Waals surface area (Å²) in [6.45, 7) is 0. The number of aromatic nitrogens is 3. The van der Waals surface area contributed by atoms with Crippen LogP contribution in [0.25, 0.3) is 6.08 Å². The zero-order valence-corrected chi connectivity index (χ0v) is 10.1. The van der Waals surface area contributed by atoms with Gasteiger partial charge in [0.1, 0.15) is 16.8 Å². The lowest BCUT2D eigenvalue weighted by Crippen LogP contribution is -2.51. The first kappa shape index (κ1) is 11.0. The summed E-state index contributed by atoms with van der Waals surface area (Å²) < 4.78 is 1.54. The Hall–Kier alpha value is -2.09. The third-order valence-electron chi connectivity index (χ3n) is 2.68. The number of carbonyl (C=O) groups is 2. The van der Waals surface area contributed by atoms with E-state index in [1.54, 1.807) is 19.3 Å². The number of aliphatic carboxylic acids is 1. The molecule has 2 aliphatic heterocycles. The quantitative estimate of drug-likeness (QED) is 0.599. The zero-order chi connectivity index (χ0) is 12.9. The summed E-state index contributed by atoms with van der Waals surface area (Å²) >= 11 is 1.31. The van der Waals surface area contributed by atoms with Gasteiger partial charge in [-0.15, -0.1) is 16.9 Å². The normalized spacial score (nSPS) is 23.9. The van der Waals surface area contributed by atoms with E-state index in [9.17, 15) is 9.59 Å². The molecule has 0 radical (unpaired) electrons. The van der Waals surface area contributed by atoms with E-state index in [2.05, 4.69) is 10.3 Å². The first-order valence-corrected chi connectivity index (χ1v) is 6.02. The number of carboxylic acid groups (broad SMARTS) is 1. The summed E-state index contributed by atoms with van der Waals surface area (Å²) in [5, 5.41) is 17.8. The monoisotopic (exact) mass is 264 g/mol. The van der Waals surface area contributed by atoms with Gasteiger partial charge in [-0.2, -0.15) is 0 Å². The fraction of sp³-hybridized carbons (Fsp3) is 0.200. The summed E-state index contributed by atoms with van der Waals surface area (Å²) in [4.78, 5) is 24.0. The van der Waals surface area contributed by atoms with Crippen LogP contribution in [0.5, 0.6) is 0 Å². The number of hydrogen-bond donors (Lipinski definition) is 1. The molecule has 0 aromatic carbocycles. The number of aryl methyl sites for hydroxylation is 1. The van der Waals surface area contributed by atoms with Crippen LogP contribution in [0.4, 0.5) is 0 Å². The lowest BCUT2D eigenvalue weighted by Gasteiger charge is -2.36. The van der Waals surface area contributed by atoms with Gasteiger partial charge in [0.15, 0.2) is 0 Å². The van der Waals surface area contributed by atoms with E-state index in [0.29, 0.717) is 11.3 Å². The van der Waals surface area contributed by atoms with E-state index in [4.69, 9.17) is 5.11 Å². The van der Waals surface area contributed by atoms with E-state index >= 15 is 0 Å². The molecule has 1 N–H and O–H groups in total. The van der Waals surface area contributed by atoms with Gasteiger partial charge in [-0.05, 0) is 6.08 Å². The third-order valence-corrected chi connectivity index (χ3v) is 3.76. The predicted octanol–water partition coefficient (Wildman–Crippen LogP) is 0.0396. The first-order valence-electron chi connectivity index (χ1n) is 5.08. The predicted molar refractivity (Wildman–Crippen MR) is 62.9 cm³/mol. The molecule has 0 aliphatic carbocycles. The zero-order valence-electron chi connectivity index (χ0n) is 9.27. The summed E-state index contributed by atoms with van der Waals surface area (Å²) in [5.41, 5.74) is 1.17. The Morgan fingerprint density at radius 2 is 2.39 bits per heavy atom. The van der Waals surface area contributed by atoms with E-state index in [-0.39, 0.29) is 17.0 Å². The van der Waals surface area contributed by atoms with E-state index in [1.807, 2.05) is 0 Å². The van der Waals surface area contributed by atoms with Crippen molar-refractivity contribution in [3.63, 3.8) is 0 Å². The SMILES string of the molecule is Cn1cc(/C=C2/C(=O)N3C(C(=O)O)=CS[C@@H]23)nn1. The van der Waals surface area contributed by atoms with Crippen LogP contribution in [-0.4, -0.2) is 42.3 Å². The summed E-state index contributed by atoms with van der Waals surface area (Å²) in [7, 11) is 1.73. The first-order chi connectivity index (χ1) is 8.58. The highest BCUT2D eigenvalue weighted by Gasteiger charge is 2.49. The average molecular weight is 264 g/mol. The summed E-state index contributed by atoms with van der Waals surface area (Å²) in [6.07, 6.45) is 3.33. The average Bonchev–Trinajstić information content (AvgIpc) is 2.89. The van der Waals surface area contributed by atoms with Crippen LogP contribution >= 0.6 is 11.8 Å². The van der Waals surface area contributed by atoms with Crippen LogP contribution in [0.1, 0.15) is 5.69 Å². The Morgan fingerprint density at radius 1 is 1.61 bits per heavy atom. The highest BCUT2D eigenvalue weighted by molar-refractivity contribution is 8.03. The van der Waals surface area contributed by atoms with Crippen LogP contribution in [0.2, 0.25) is 0 Å². The minimum absolute atomic E-state index is 0.0336. The molecule has 1 amide bonds. The maximum Gasteiger partial charge on any atom is 0.353 e. The molecule has 1 aromatic heterocycles. The second kappa shape index (κ2) is 3.70. The third kappa shape index (κ3) is 1.46. The van der Waals surface area contributed by atoms with Crippen LogP contribution < -0.4 is 0 Å². The number of hydrogen-bond acceptors (Lipinski definition) is 5. The summed E-state index contributed by atoms with van der Waals surface area (Å²) in [5.74, 6) is -1.37. The smallest absolute Gasteiger partial charge is 0.353 e. The number of thioether (sulfide) groups is 1. The van der Waals surface area contributed by atoms with Gasteiger partial charge < -0.3 is 5.11 Å². The van der Waals surface area contributed by atoms with Gasteiger partial charge in [-0.1, -0.05) is 5.21 Å². The van der Waals surface area contributed by atoms with Crippen molar-refractivity contribution in [1.29, 1.82) is 0 Å². The molecule has 1 fully saturated rings. The number of amides is 1. The molecule has 0 unspecified atom stereocenters. The molecular formula is C10H8N4O3S. The number of nitrogens with zero attached hydrogens (tertiary/aromatic N) is 4. The molecule has 1 aromatic rings. The number of β-lactam (4-membered cyclic amide) rings is 1. The molecule has 8 heteroatoms. The van der Waals surface area contributed by atoms with Gasteiger partial charge in [0.2, 0.25) is 0 Å². The van der Waals surface area contributed by atoms with Crippen molar-refractivity contribution in [2.24, 2.45) is 7.05 Å². The lowest BCUT2D eigenvalue weighted by molar-refractivity contribution is -0.141. The van der Waals surface area contributed by atoms with Crippen LogP contribution in [0.15, 0.2) is 22.9 Å². The maximum atomic E-state index is 11.9. The van der Waals surface area contributed by atoms with Crippen molar-refractivity contribution < 1.29 is 14.7 Å². The Balaban J connectivity index is 1.86. The van der Waals surface area contributed by atoms with E-state index in [1.165, 1.54) is 26.8 Å². The molecule has 1 atom stereocenters. The fourth-order valence-electron chi connectivity index (χ4n) is 1.86. The Labute approximate surface area is 106 Å². The van der Waals surface area contributed by atoms with Crippen LogP contribution in [0, 0.1) is 0 Å². The van der Waals surface area contributed by atoms with Gasteiger partial charge in [-0.25, -0.2) is 4.79 Å². The Bertz CT molecular complexity index is 618. The molecule has 3 heterocycles. The van der Waals surface area contributed by atoms with E-state index in [0.717, 1.165) is 0 Å². The topological polar surface area (TPSA) is 88.3 Å². The van der Waals surface area contributed by atoms with Crippen molar-refractivity contribution >= 4 is 29.7 Å². The fourth-order valence-corrected chi connectivity index (χ4v) is 2.98. The molecule has 2 aliphatic rings. The molecule has 7 nitrogen and oxygen atoms in total. The minimum Gasteiger partial charge on any atom is -0.477 e. The molecule has 3 rings (SSSR count). The van der Waals surface area contributed by atoms with Crippen LogP contribution in [0.3, 0.4) is 0 Å². The van der Waals surface area contributed by atoms with Crippen molar-refractivity contribution in [2.45, 2.75) is 5.37 Å². The van der Waals surface area contributed by atoms with Gasteiger partial charge in [-0.3, -0.25) is 14.4 Å². The second-order valence-corrected chi connectivity index (χ2v) is 4.84. The highest BCUT2D eigenvalue weighted by Crippen LogP contribution is 2.44. The number of carbonyl (C=O) groups excluding carboxylic acids is 1.